The molecule has 1 aliphatic rings. The van der Waals surface area contributed by atoms with E-state index in [0.29, 0.717) is 20.8 Å². The first-order chi connectivity index (χ1) is 12.9. The Morgan fingerprint density at radius 3 is 2.81 bits per heavy atom. The van der Waals surface area contributed by atoms with Crippen LogP contribution in [0.1, 0.15) is 11.3 Å². The maximum Gasteiger partial charge on any atom is 0.264 e. The molecule has 1 amide bonds. The van der Waals surface area contributed by atoms with Crippen LogP contribution in [0.3, 0.4) is 0 Å². The van der Waals surface area contributed by atoms with Crippen LogP contribution in [0.15, 0.2) is 56.8 Å². The summed E-state index contributed by atoms with van der Waals surface area (Å²) in [5, 5.41) is 5.07. The summed E-state index contributed by atoms with van der Waals surface area (Å²) in [6, 6.07) is 13.6. The van der Waals surface area contributed by atoms with Crippen LogP contribution in [0.25, 0.3) is 17.0 Å². The number of benzene rings is 2. The van der Waals surface area contributed by atoms with Gasteiger partial charge in [0.25, 0.3) is 5.91 Å². The first kappa shape index (κ1) is 18.3. The molecule has 0 radical (unpaired) electrons. The number of aryl methyl sites for hydroxylation is 1. The minimum absolute atomic E-state index is 0.144. The number of nitrogens with one attached hydrogen (secondary N) is 1. The van der Waals surface area contributed by atoms with Gasteiger partial charge in [0.15, 0.2) is 5.17 Å². The van der Waals surface area contributed by atoms with Crippen LogP contribution in [0.5, 0.6) is 0 Å². The SMILES string of the molecule is Cc1c(/C=C2/SC(=Nc3ccc(Br)c(Cl)c3)NC2=O)c2ccccc2n1C. The van der Waals surface area contributed by atoms with Crippen LogP contribution in [-0.2, 0) is 11.8 Å². The molecule has 1 aliphatic heterocycles. The lowest BCUT2D eigenvalue weighted by Gasteiger charge is -1.99. The highest BCUT2D eigenvalue weighted by Gasteiger charge is 2.25. The second-order valence-corrected chi connectivity index (χ2v) is 8.45. The van der Waals surface area contributed by atoms with Gasteiger partial charge in [0, 0.05) is 33.7 Å². The van der Waals surface area contributed by atoms with Crippen LogP contribution in [0, 0.1) is 6.92 Å². The van der Waals surface area contributed by atoms with Gasteiger partial charge in [-0.05, 0) is 65.0 Å². The largest absolute Gasteiger partial charge is 0.347 e. The van der Waals surface area contributed by atoms with Gasteiger partial charge in [-0.25, -0.2) is 4.99 Å². The first-order valence-corrected chi connectivity index (χ1v) is 10.2. The fourth-order valence-corrected chi connectivity index (χ4v) is 4.26. The third kappa shape index (κ3) is 3.45. The lowest BCUT2D eigenvalue weighted by atomic mass is 10.1. The van der Waals surface area contributed by atoms with E-state index in [-0.39, 0.29) is 5.91 Å². The average Bonchev–Trinajstić information content (AvgIpc) is 3.11. The number of para-hydroxylation sites is 1. The Hall–Kier alpha value is -2.02. The van der Waals surface area contributed by atoms with Gasteiger partial charge in [-0.2, -0.15) is 0 Å². The summed E-state index contributed by atoms with van der Waals surface area (Å²) in [6.07, 6.45) is 1.94. The maximum absolute atomic E-state index is 12.4. The number of aliphatic imine (C=N–C) groups is 1. The molecule has 0 spiro atoms. The second kappa shape index (κ2) is 7.19. The molecule has 0 bridgehead atoms. The van der Waals surface area contributed by atoms with Crippen LogP contribution < -0.4 is 5.32 Å². The summed E-state index contributed by atoms with van der Waals surface area (Å²) in [6.45, 7) is 2.06. The zero-order valence-corrected chi connectivity index (χ0v) is 17.7. The molecular formula is C20H15BrClN3OS. The molecule has 3 aromatic rings. The van der Waals surface area contributed by atoms with Crippen LogP contribution in [0.2, 0.25) is 5.02 Å². The van der Waals surface area contributed by atoms with Gasteiger partial charge in [-0.15, -0.1) is 0 Å². The lowest BCUT2D eigenvalue weighted by molar-refractivity contribution is -0.115. The third-order valence-electron chi connectivity index (χ3n) is 4.51. The van der Waals surface area contributed by atoms with Crippen molar-refractivity contribution in [2.24, 2.45) is 12.0 Å². The number of hydrogen-bond donors (Lipinski definition) is 1. The number of thioether (sulfide) groups is 1. The Morgan fingerprint density at radius 1 is 1.26 bits per heavy atom. The molecule has 2 aromatic carbocycles. The number of carbonyl (C=O) groups excluding carboxylic acids is 1. The molecule has 27 heavy (non-hydrogen) atoms. The first-order valence-electron chi connectivity index (χ1n) is 8.22. The van der Waals surface area contributed by atoms with Crippen molar-refractivity contribution in [1.82, 2.24) is 9.88 Å². The van der Waals surface area contributed by atoms with E-state index in [0.717, 1.165) is 26.6 Å². The molecule has 4 nitrogen and oxygen atoms in total. The van der Waals surface area contributed by atoms with Crippen molar-refractivity contribution < 1.29 is 4.79 Å². The van der Waals surface area contributed by atoms with Crippen LogP contribution >= 0.6 is 39.3 Å². The third-order valence-corrected chi connectivity index (χ3v) is 6.65. The number of amidine groups is 1. The van der Waals surface area contributed by atoms with Gasteiger partial charge in [0.1, 0.15) is 0 Å². The summed E-state index contributed by atoms with van der Waals surface area (Å²) in [7, 11) is 2.03. The van der Waals surface area contributed by atoms with Crippen molar-refractivity contribution >= 4 is 73.0 Å². The number of carbonyl (C=O) groups is 1. The molecule has 0 atom stereocenters. The normalized spacial score (nSPS) is 17.3. The number of fused-ring (bicyclic) bond motifs is 1. The topological polar surface area (TPSA) is 46.4 Å². The van der Waals surface area contributed by atoms with Gasteiger partial charge >= 0.3 is 0 Å². The Kier molecular flexibility index (Phi) is 4.88. The van der Waals surface area contributed by atoms with Crippen LogP contribution in [0.4, 0.5) is 5.69 Å². The van der Waals surface area contributed by atoms with Gasteiger partial charge in [0.2, 0.25) is 0 Å². The summed E-state index contributed by atoms with van der Waals surface area (Å²) < 4.78 is 2.95. The Balaban J connectivity index is 1.70. The maximum atomic E-state index is 12.4. The fraction of sp³-hybridized carbons (Fsp3) is 0.100. The molecule has 0 saturated carbocycles. The predicted octanol–water partition coefficient (Wildman–Crippen LogP) is 5.79. The highest BCUT2D eigenvalue weighted by Crippen LogP contribution is 2.33. The van der Waals surface area contributed by atoms with Crippen molar-refractivity contribution in [2.45, 2.75) is 6.92 Å². The van der Waals surface area contributed by atoms with E-state index < -0.39 is 0 Å². The number of aromatic nitrogens is 1. The molecule has 1 N–H and O–H groups in total. The number of amides is 1. The number of nitrogens with zero attached hydrogens (tertiary/aromatic N) is 2. The van der Waals surface area contributed by atoms with E-state index in [1.165, 1.54) is 11.8 Å². The van der Waals surface area contributed by atoms with Crippen molar-refractivity contribution in [3.63, 3.8) is 0 Å². The Labute approximate surface area is 174 Å². The van der Waals surface area contributed by atoms with E-state index in [9.17, 15) is 4.79 Å². The lowest BCUT2D eigenvalue weighted by Crippen LogP contribution is -2.19. The Bertz CT molecular complexity index is 1150. The summed E-state index contributed by atoms with van der Waals surface area (Å²) >= 11 is 10.8. The van der Waals surface area contributed by atoms with E-state index in [1.54, 1.807) is 6.07 Å². The van der Waals surface area contributed by atoms with Crippen molar-refractivity contribution in [1.29, 1.82) is 0 Å². The zero-order valence-electron chi connectivity index (χ0n) is 14.6. The van der Waals surface area contributed by atoms with Crippen molar-refractivity contribution in [3.05, 3.63) is 68.1 Å². The fourth-order valence-electron chi connectivity index (χ4n) is 3.02. The number of hydrogen-bond acceptors (Lipinski definition) is 3. The van der Waals surface area contributed by atoms with E-state index in [4.69, 9.17) is 11.6 Å². The smallest absolute Gasteiger partial charge is 0.264 e. The van der Waals surface area contributed by atoms with Crippen molar-refractivity contribution in [3.8, 4) is 0 Å². The van der Waals surface area contributed by atoms with Crippen molar-refractivity contribution in [2.75, 3.05) is 0 Å². The van der Waals surface area contributed by atoms with Crippen LogP contribution in [-0.4, -0.2) is 15.6 Å². The van der Waals surface area contributed by atoms with Gasteiger partial charge in [-0.3, -0.25) is 4.79 Å². The monoisotopic (exact) mass is 459 g/mol. The molecular weight excluding hydrogens is 446 g/mol. The minimum atomic E-state index is -0.144. The van der Waals surface area contributed by atoms with Gasteiger partial charge < -0.3 is 9.88 Å². The van der Waals surface area contributed by atoms with Gasteiger partial charge in [-0.1, -0.05) is 29.8 Å². The average molecular weight is 461 g/mol. The molecule has 0 unspecified atom stereocenters. The standard InChI is InChI=1S/C20H15BrClN3OS/c1-11-14(13-5-3-4-6-17(13)25(11)2)10-18-19(26)24-20(27-18)23-12-7-8-15(21)16(22)9-12/h3-10H,1-2H3,(H,23,24,26)/b18-10+. The summed E-state index contributed by atoms with van der Waals surface area (Å²) in [5.41, 5.74) is 4.00. The molecule has 1 saturated heterocycles. The molecule has 136 valence electrons. The molecule has 1 aromatic heterocycles. The summed E-state index contributed by atoms with van der Waals surface area (Å²) in [4.78, 5) is 17.5. The highest BCUT2D eigenvalue weighted by molar-refractivity contribution is 9.10. The predicted molar refractivity (Wildman–Crippen MR) is 118 cm³/mol. The number of halogens is 2. The van der Waals surface area contributed by atoms with Gasteiger partial charge in [0.05, 0.1) is 15.6 Å². The molecule has 1 fully saturated rings. The molecule has 4 rings (SSSR count). The van der Waals surface area contributed by atoms with E-state index >= 15 is 0 Å². The molecule has 7 heteroatoms. The van der Waals surface area contributed by atoms with E-state index in [1.807, 2.05) is 37.4 Å². The molecule has 0 aliphatic carbocycles. The molecule has 2 heterocycles. The zero-order chi connectivity index (χ0) is 19.1. The Morgan fingerprint density at radius 2 is 2.04 bits per heavy atom. The quantitative estimate of drug-likeness (QED) is 0.492. The second-order valence-electron chi connectivity index (χ2n) is 6.16. The highest BCUT2D eigenvalue weighted by atomic mass is 79.9. The number of rotatable bonds is 2. The van der Waals surface area contributed by atoms with E-state index in [2.05, 4.69) is 49.9 Å². The minimum Gasteiger partial charge on any atom is -0.347 e. The summed E-state index contributed by atoms with van der Waals surface area (Å²) in [5.74, 6) is -0.144.